The molecular formula is C16H28IN3O2S. The van der Waals surface area contributed by atoms with Crippen molar-refractivity contribution in [1.29, 1.82) is 0 Å². The van der Waals surface area contributed by atoms with Crippen LogP contribution in [0.5, 0.6) is 11.5 Å². The number of hydrogen-bond acceptors (Lipinski definition) is 4. The molecule has 0 saturated heterocycles. The van der Waals surface area contributed by atoms with E-state index in [1.54, 1.807) is 21.3 Å². The van der Waals surface area contributed by atoms with Gasteiger partial charge < -0.3 is 20.1 Å². The Morgan fingerprint density at radius 3 is 2.57 bits per heavy atom. The van der Waals surface area contributed by atoms with Crippen molar-refractivity contribution in [1.82, 2.24) is 10.6 Å². The van der Waals surface area contributed by atoms with Gasteiger partial charge in [0, 0.05) is 25.7 Å². The Bertz CT molecular complexity index is 473. The molecule has 0 saturated carbocycles. The van der Waals surface area contributed by atoms with E-state index in [-0.39, 0.29) is 24.0 Å². The third kappa shape index (κ3) is 8.01. The molecule has 0 unspecified atom stereocenters. The first-order valence-electron chi connectivity index (χ1n) is 7.40. The molecule has 1 rings (SSSR count). The summed E-state index contributed by atoms with van der Waals surface area (Å²) in [6.45, 7) is 1.56. The average molecular weight is 453 g/mol. The number of nitrogens with zero attached hydrogens (tertiary/aromatic N) is 1. The molecule has 0 amide bonds. The molecular weight excluding hydrogens is 425 g/mol. The number of nitrogens with one attached hydrogen (secondary N) is 2. The van der Waals surface area contributed by atoms with E-state index >= 15 is 0 Å². The molecule has 1 aromatic rings. The van der Waals surface area contributed by atoms with Gasteiger partial charge in [0.1, 0.15) is 0 Å². The molecule has 0 spiro atoms. The summed E-state index contributed by atoms with van der Waals surface area (Å²) < 4.78 is 10.7. The van der Waals surface area contributed by atoms with Crippen LogP contribution >= 0.6 is 35.7 Å². The van der Waals surface area contributed by atoms with Crippen molar-refractivity contribution < 1.29 is 9.47 Å². The van der Waals surface area contributed by atoms with Crippen LogP contribution in [0.15, 0.2) is 23.2 Å². The van der Waals surface area contributed by atoms with Crippen molar-refractivity contribution in [2.75, 3.05) is 39.8 Å². The zero-order valence-electron chi connectivity index (χ0n) is 14.3. The minimum absolute atomic E-state index is 0. The second kappa shape index (κ2) is 13.6. The Kier molecular flexibility index (Phi) is 13.1. The summed E-state index contributed by atoms with van der Waals surface area (Å²) in [5, 5.41) is 6.62. The average Bonchev–Trinajstić information content (AvgIpc) is 2.56. The number of halogens is 1. The Labute approximate surface area is 161 Å². The van der Waals surface area contributed by atoms with Crippen LogP contribution in [0.1, 0.15) is 18.4 Å². The molecule has 0 heterocycles. The second-order valence-electron chi connectivity index (χ2n) is 4.71. The number of para-hydroxylation sites is 1. The smallest absolute Gasteiger partial charge is 0.191 e. The second-order valence-corrected chi connectivity index (χ2v) is 5.69. The summed E-state index contributed by atoms with van der Waals surface area (Å²) >= 11 is 1.88. The maximum atomic E-state index is 5.43. The van der Waals surface area contributed by atoms with E-state index in [1.165, 1.54) is 12.2 Å². The van der Waals surface area contributed by atoms with Gasteiger partial charge in [0.2, 0.25) is 0 Å². The van der Waals surface area contributed by atoms with E-state index in [2.05, 4.69) is 21.9 Å². The lowest BCUT2D eigenvalue weighted by Crippen LogP contribution is -2.37. The molecule has 0 radical (unpaired) electrons. The van der Waals surface area contributed by atoms with Crippen LogP contribution < -0.4 is 20.1 Å². The number of aliphatic imine (C=N–C) groups is 1. The van der Waals surface area contributed by atoms with Gasteiger partial charge in [0.15, 0.2) is 17.5 Å². The van der Waals surface area contributed by atoms with Crippen LogP contribution in [0.3, 0.4) is 0 Å². The molecule has 0 aliphatic heterocycles. The number of rotatable bonds is 9. The normalized spacial score (nSPS) is 10.7. The number of hydrogen-bond donors (Lipinski definition) is 2. The minimum atomic E-state index is 0. The Balaban J connectivity index is 0.00000484. The summed E-state index contributed by atoms with van der Waals surface area (Å²) in [7, 11) is 5.07. The molecule has 0 fully saturated rings. The van der Waals surface area contributed by atoms with Crippen LogP contribution in [0.25, 0.3) is 0 Å². The van der Waals surface area contributed by atoms with Crippen molar-refractivity contribution >= 4 is 41.7 Å². The molecule has 2 N–H and O–H groups in total. The van der Waals surface area contributed by atoms with E-state index < -0.39 is 0 Å². The Hall–Kier alpha value is -0.830. The lowest BCUT2D eigenvalue weighted by atomic mass is 10.2. The van der Waals surface area contributed by atoms with E-state index in [1.807, 2.05) is 30.0 Å². The molecule has 132 valence electrons. The maximum Gasteiger partial charge on any atom is 0.191 e. The Morgan fingerprint density at radius 1 is 1.17 bits per heavy atom. The van der Waals surface area contributed by atoms with Crippen molar-refractivity contribution in [2.24, 2.45) is 4.99 Å². The third-order valence-corrected chi connectivity index (χ3v) is 3.92. The minimum Gasteiger partial charge on any atom is -0.493 e. The van der Waals surface area contributed by atoms with E-state index in [0.29, 0.717) is 6.54 Å². The monoisotopic (exact) mass is 453 g/mol. The zero-order chi connectivity index (χ0) is 16.2. The van der Waals surface area contributed by atoms with Crippen molar-refractivity contribution in [3.63, 3.8) is 0 Å². The van der Waals surface area contributed by atoms with Crippen LogP contribution in [0.4, 0.5) is 0 Å². The van der Waals surface area contributed by atoms with E-state index in [0.717, 1.165) is 36.0 Å². The van der Waals surface area contributed by atoms with Gasteiger partial charge in [0.25, 0.3) is 0 Å². The maximum absolute atomic E-state index is 5.43. The van der Waals surface area contributed by atoms with Crippen molar-refractivity contribution in [3.8, 4) is 11.5 Å². The van der Waals surface area contributed by atoms with E-state index in [4.69, 9.17) is 9.47 Å². The topological polar surface area (TPSA) is 54.9 Å². The standard InChI is InChI=1S/C16H27N3O2S.HI/c1-17-16(18-10-5-6-11-22-4)19-12-13-8-7-9-14(20-2)15(13)21-3;/h7-9H,5-6,10-12H2,1-4H3,(H2,17,18,19);1H. The molecule has 0 atom stereocenters. The zero-order valence-corrected chi connectivity index (χ0v) is 17.5. The van der Waals surface area contributed by atoms with Gasteiger partial charge in [-0.2, -0.15) is 11.8 Å². The summed E-state index contributed by atoms with van der Waals surface area (Å²) in [5.41, 5.74) is 1.03. The summed E-state index contributed by atoms with van der Waals surface area (Å²) in [5.74, 6) is 3.50. The molecule has 0 aromatic heterocycles. The molecule has 0 bridgehead atoms. The first kappa shape index (κ1) is 22.2. The summed E-state index contributed by atoms with van der Waals surface area (Å²) in [4.78, 5) is 4.24. The fourth-order valence-electron chi connectivity index (χ4n) is 2.07. The highest BCUT2D eigenvalue weighted by atomic mass is 127. The number of guanidine groups is 1. The van der Waals surface area contributed by atoms with E-state index in [9.17, 15) is 0 Å². The van der Waals surface area contributed by atoms with Gasteiger partial charge in [0.05, 0.1) is 14.2 Å². The number of methoxy groups -OCH3 is 2. The van der Waals surface area contributed by atoms with Gasteiger partial charge in [-0.1, -0.05) is 12.1 Å². The predicted molar refractivity (Wildman–Crippen MR) is 111 cm³/mol. The fraction of sp³-hybridized carbons (Fsp3) is 0.562. The van der Waals surface area contributed by atoms with Gasteiger partial charge >= 0.3 is 0 Å². The molecule has 0 aliphatic carbocycles. The Morgan fingerprint density at radius 2 is 1.96 bits per heavy atom. The lowest BCUT2D eigenvalue weighted by molar-refractivity contribution is 0.351. The number of unbranched alkanes of at least 4 members (excludes halogenated alkanes) is 1. The summed E-state index contributed by atoms with van der Waals surface area (Å²) in [6, 6.07) is 5.86. The highest BCUT2D eigenvalue weighted by molar-refractivity contribution is 14.0. The first-order valence-corrected chi connectivity index (χ1v) is 8.79. The molecule has 7 heteroatoms. The molecule has 5 nitrogen and oxygen atoms in total. The quantitative estimate of drug-likeness (QED) is 0.261. The number of thioether (sulfide) groups is 1. The predicted octanol–water partition coefficient (Wildman–Crippen LogP) is 3.13. The number of benzene rings is 1. The highest BCUT2D eigenvalue weighted by Crippen LogP contribution is 2.30. The largest absolute Gasteiger partial charge is 0.493 e. The summed E-state index contributed by atoms with van der Waals surface area (Å²) in [6.07, 6.45) is 4.49. The lowest BCUT2D eigenvalue weighted by Gasteiger charge is -2.15. The van der Waals surface area contributed by atoms with Gasteiger partial charge in [-0.15, -0.1) is 24.0 Å². The number of ether oxygens (including phenoxy) is 2. The van der Waals surface area contributed by atoms with Gasteiger partial charge in [-0.25, -0.2) is 0 Å². The van der Waals surface area contributed by atoms with Crippen LogP contribution in [0, 0.1) is 0 Å². The fourth-order valence-corrected chi connectivity index (χ4v) is 2.56. The van der Waals surface area contributed by atoms with Gasteiger partial charge in [-0.05, 0) is 30.9 Å². The first-order chi connectivity index (χ1) is 10.8. The highest BCUT2D eigenvalue weighted by Gasteiger charge is 2.09. The molecule has 1 aromatic carbocycles. The van der Waals surface area contributed by atoms with Crippen molar-refractivity contribution in [3.05, 3.63) is 23.8 Å². The van der Waals surface area contributed by atoms with Crippen LogP contribution in [-0.4, -0.2) is 45.8 Å². The van der Waals surface area contributed by atoms with Crippen molar-refractivity contribution in [2.45, 2.75) is 19.4 Å². The SMILES string of the molecule is CN=C(NCCCCSC)NCc1cccc(OC)c1OC.I. The molecule has 0 aliphatic rings. The van der Waals surface area contributed by atoms with Crippen LogP contribution in [0.2, 0.25) is 0 Å². The third-order valence-electron chi connectivity index (χ3n) is 3.22. The van der Waals surface area contributed by atoms with Crippen LogP contribution in [-0.2, 0) is 6.54 Å². The van der Waals surface area contributed by atoms with Gasteiger partial charge in [-0.3, -0.25) is 4.99 Å². The molecule has 23 heavy (non-hydrogen) atoms.